The van der Waals surface area contributed by atoms with Crippen LogP contribution in [-0.4, -0.2) is 35.8 Å². The van der Waals surface area contributed by atoms with Gasteiger partial charge in [0.1, 0.15) is 11.9 Å². The molecule has 0 radical (unpaired) electrons. The topological polar surface area (TPSA) is 130 Å². The maximum Gasteiger partial charge on any atom is 0.206 e. The van der Waals surface area contributed by atoms with Crippen molar-refractivity contribution in [1.29, 1.82) is 5.26 Å². The highest BCUT2D eigenvalue weighted by molar-refractivity contribution is 5.90. The van der Waals surface area contributed by atoms with Crippen molar-refractivity contribution in [3.63, 3.8) is 0 Å². The number of nitriles is 1. The van der Waals surface area contributed by atoms with Crippen LogP contribution in [-0.2, 0) is 6.54 Å². The number of hydrogen-bond acceptors (Lipinski definition) is 7. The van der Waals surface area contributed by atoms with Crippen LogP contribution in [0.1, 0.15) is 37.8 Å². The van der Waals surface area contributed by atoms with E-state index in [2.05, 4.69) is 28.4 Å². The molecule has 4 rings (SSSR count). The molecule has 0 aliphatic heterocycles. The molecule has 1 unspecified atom stereocenters. The van der Waals surface area contributed by atoms with Gasteiger partial charge in [-0.1, -0.05) is 26.0 Å². The molecule has 0 bridgehead atoms. The minimum atomic E-state index is -0.928. The van der Waals surface area contributed by atoms with Crippen LogP contribution >= 0.6 is 0 Å². The number of rotatable bonds is 7. The van der Waals surface area contributed by atoms with Crippen LogP contribution in [0.5, 0.6) is 0 Å². The first-order valence-electron chi connectivity index (χ1n) is 10.2. The summed E-state index contributed by atoms with van der Waals surface area (Å²) in [5.74, 6) is 0.236. The third kappa shape index (κ3) is 3.74. The Hall–Kier alpha value is -3.74. The molecule has 1 aromatic carbocycles. The van der Waals surface area contributed by atoms with Gasteiger partial charge in [-0.2, -0.15) is 10.4 Å². The normalized spacial score (nSPS) is 12.2. The van der Waals surface area contributed by atoms with Crippen LogP contribution in [0.4, 0.5) is 5.95 Å². The third-order valence-electron chi connectivity index (χ3n) is 5.01. The Kier molecular flexibility index (Phi) is 5.66. The zero-order valence-electron chi connectivity index (χ0n) is 17.4. The van der Waals surface area contributed by atoms with E-state index >= 15 is 0 Å². The number of nitrogens with zero attached hydrogens (tertiary/aromatic N) is 6. The molecule has 4 N–H and O–H groups in total. The highest BCUT2D eigenvalue weighted by atomic mass is 16.3. The quantitative estimate of drug-likeness (QED) is 0.395. The van der Waals surface area contributed by atoms with E-state index < -0.39 is 6.23 Å². The number of benzene rings is 1. The molecule has 9 nitrogen and oxygen atoms in total. The maximum atomic E-state index is 10.4. The second-order valence-electron chi connectivity index (χ2n) is 7.15. The molecule has 158 valence electrons. The molecule has 0 fully saturated rings. The average Bonchev–Trinajstić information content (AvgIpc) is 3.42. The Bertz CT molecular complexity index is 1270. The summed E-state index contributed by atoms with van der Waals surface area (Å²) in [6.07, 6.45) is 3.41. The largest absolute Gasteiger partial charge is 0.373 e. The lowest BCUT2D eigenvalue weighted by Crippen LogP contribution is -2.20. The number of aliphatic hydroxyl groups is 1. The van der Waals surface area contributed by atoms with Gasteiger partial charge in [-0.3, -0.25) is 14.4 Å². The summed E-state index contributed by atoms with van der Waals surface area (Å²) in [6, 6.07) is 11.3. The Morgan fingerprint density at radius 3 is 2.84 bits per heavy atom. The van der Waals surface area contributed by atoms with Crippen molar-refractivity contribution in [2.45, 2.75) is 33.0 Å². The van der Waals surface area contributed by atoms with Crippen LogP contribution in [0.2, 0.25) is 0 Å². The summed E-state index contributed by atoms with van der Waals surface area (Å²) in [5.41, 5.74) is 10.8. The zero-order chi connectivity index (χ0) is 22.0. The Labute approximate surface area is 179 Å². The fourth-order valence-electron chi connectivity index (χ4n) is 3.63. The third-order valence-corrected chi connectivity index (χ3v) is 5.01. The summed E-state index contributed by atoms with van der Waals surface area (Å²) in [7, 11) is 0. The van der Waals surface area contributed by atoms with Crippen molar-refractivity contribution in [3.8, 4) is 28.6 Å². The van der Waals surface area contributed by atoms with E-state index in [1.54, 1.807) is 28.9 Å². The molecular weight excluding hydrogens is 392 g/mol. The lowest BCUT2D eigenvalue weighted by Gasteiger charge is -2.14. The number of aliphatic hydroxyl groups excluding tert-OH is 1. The summed E-state index contributed by atoms with van der Waals surface area (Å²) in [5, 5.41) is 27.2. The Balaban J connectivity index is 2.04. The van der Waals surface area contributed by atoms with Crippen LogP contribution < -0.4 is 11.1 Å². The van der Waals surface area contributed by atoms with Crippen molar-refractivity contribution in [3.05, 3.63) is 54.0 Å². The molecule has 4 aromatic rings. The summed E-state index contributed by atoms with van der Waals surface area (Å²) in [4.78, 5) is 9.37. The van der Waals surface area contributed by atoms with Crippen LogP contribution in [0, 0.1) is 11.3 Å². The maximum absolute atomic E-state index is 10.4. The predicted molar refractivity (Wildman–Crippen MR) is 118 cm³/mol. The van der Waals surface area contributed by atoms with Crippen molar-refractivity contribution in [2.24, 2.45) is 0 Å². The number of fused-ring (bicyclic) bond motifs is 1. The molecule has 31 heavy (non-hydrogen) atoms. The van der Waals surface area contributed by atoms with E-state index in [0.717, 1.165) is 29.8 Å². The van der Waals surface area contributed by atoms with Crippen LogP contribution in [0.25, 0.3) is 28.2 Å². The number of imidazole rings is 1. The Morgan fingerprint density at radius 1 is 1.26 bits per heavy atom. The first-order valence-corrected chi connectivity index (χ1v) is 10.2. The highest BCUT2D eigenvalue weighted by Crippen LogP contribution is 2.36. The van der Waals surface area contributed by atoms with E-state index in [0.29, 0.717) is 29.1 Å². The van der Waals surface area contributed by atoms with Gasteiger partial charge < -0.3 is 10.8 Å². The number of nitrogens with two attached hydrogens (primary N) is 1. The molecular formula is C22H24N8O. The van der Waals surface area contributed by atoms with Gasteiger partial charge in [0.2, 0.25) is 5.95 Å². The van der Waals surface area contributed by atoms with Crippen molar-refractivity contribution in [1.82, 2.24) is 29.5 Å². The van der Waals surface area contributed by atoms with Crippen molar-refractivity contribution < 1.29 is 5.11 Å². The van der Waals surface area contributed by atoms with E-state index in [4.69, 9.17) is 10.7 Å². The molecule has 3 heterocycles. The minimum Gasteiger partial charge on any atom is -0.373 e. The van der Waals surface area contributed by atoms with E-state index in [9.17, 15) is 10.4 Å². The van der Waals surface area contributed by atoms with Gasteiger partial charge in [-0.05, 0) is 31.2 Å². The fraction of sp³-hybridized carbons (Fsp3) is 0.273. The van der Waals surface area contributed by atoms with Gasteiger partial charge >= 0.3 is 0 Å². The fourth-order valence-corrected chi connectivity index (χ4v) is 3.63. The molecule has 0 aliphatic carbocycles. The van der Waals surface area contributed by atoms with Gasteiger partial charge in [0.05, 0.1) is 28.6 Å². The summed E-state index contributed by atoms with van der Waals surface area (Å²) in [6.45, 7) is 5.30. The van der Waals surface area contributed by atoms with Crippen LogP contribution in [0.3, 0.4) is 0 Å². The number of aromatic nitrogens is 5. The Morgan fingerprint density at radius 2 is 2.10 bits per heavy atom. The number of anilines is 1. The predicted octanol–water partition coefficient (Wildman–Crippen LogP) is 2.72. The smallest absolute Gasteiger partial charge is 0.206 e. The monoisotopic (exact) mass is 416 g/mol. The zero-order valence-corrected chi connectivity index (χ0v) is 17.4. The van der Waals surface area contributed by atoms with Crippen molar-refractivity contribution >= 4 is 11.6 Å². The molecule has 0 amide bonds. The first kappa shape index (κ1) is 20.5. The second-order valence-corrected chi connectivity index (χ2v) is 7.15. The molecule has 0 saturated carbocycles. The average molecular weight is 416 g/mol. The number of aryl methyl sites for hydroxylation is 1. The molecule has 3 aromatic heterocycles. The van der Waals surface area contributed by atoms with E-state index in [1.165, 1.54) is 0 Å². The number of hydrogen-bond donors (Lipinski definition) is 3. The van der Waals surface area contributed by atoms with E-state index in [1.807, 2.05) is 29.8 Å². The number of nitrogen functional groups attached to an aromatic ring is 1. The van der Waals surface area contributed by atoms with Gasteiger partial charge in [-0.15, -0.1) is 0 Å². The molecule has 0 aliphatic rings. The lowest BCUT2D eigenvalue weighted by molar-refractivity contribution is 0.138. The van der Waals surface area contributed by atoms with Crippen molar-refractivity contribution in [2.75, 3.05) is 12.3 Å². The number of nitrogens with one attached hydrogen (secondary N) is 1. The summed E-state index contributed by atoms with van der Waals surface area (Å²) < 4.78 is 3.58. The lowest BCUT2D eigenvalue weighted by atomic mass is 10.0. The van der Waals surface area contributed by atoms with Gasteiger partial charge in [0, 0.05) is 24.5 Å². The molecule has 1 atom stereocenters. The van der Waals surface area contributed by atoms with Gasteiger partial charge in [0.15, 0.2) is 5.65 Å². The van der Waals surface area contributed by atoms with E-state index in [-0.39, 0.29) is 5.95 Å². The standard InChI is InChI=1S/C22H24N8O/c1-3-10-30-17(8-9-26-30)18-19(15-7-5-6-14(11-15)12-23)28-22(24)29-13-16(27-20(18)29)21(31)25-4-2/h5-9,11,13,21,25,31H,3-4,10H2,1-2H3,(H2,24,28). The summed E-state index contributed by atoms with van der Waals surface area (Å²) >= 11 is 0. The molecule has 0 saturated heterocycles. The molecule has 9 heteroatoms. The van der Waals surface area contributed by atoms with Gasteiger partial charge in [0.25, 0.3) is 0 Å². The SMILES string of the molecule is CCCn1nccc1-c1c(-c2cccc(C#N)c2)nc(N)n2cc(C(O)NCC)nc12. The second kappa shape index (κ2) is 8.55. The first-order chi connectivity index (χ1) is 15.1. The van der Waals surface area contributed by atoms with Crippen LogP contribution in [0.15, 0.2) is 42.7 Å². The highest BCUT2D eigenvalue weighted by Gasteiger charge is 2.23. The molecule has 0 spiro atoms. The minimum absolute atomic E-state index is 0.236. The van der Waals surface area contributed by atoms with Gasteiger partial charge in [-0.25, -0.2) is 9.97 Å².